The van der Waals surface area contributed by atoms with E-state index in [0.29, 0.717) is 17.9 Å². The SMILES string of the molecule is CC=CCOC1CCC(C2COC(C3CCC(CCC=CCl)CC3)OC2)CC1. The Bertz CT molecular complexity index is 424. The molecular formula is C24H39ClO3. The van der Waals surface area contributed by atoms with Gasteiger partial charge in [0.2, 0.25) is 0 Å². The maximum absolute atomic E-state index is 6.23. The van der Waals surface area contributed by atoms with Gasteiger partial charge in [0.25, 0.3) is 0 Å². The van der Waals surface area contributed by atoms with Gasteiger partial charge in [-0.2, -0.15) is 0 Å². The molecule has 1 saturated heterocycles. The first-order chi connectivity index (χ1) is 13.8. The van der Waals surface area contributed by atoms with E-state index in [2.05, 4.69) is 18.2 Å². The molecule has 0 aromatic carbocycles. The van der Waals surface area contributed by atoms with E-state index in [0.717, 1.165) is 38.1 Å². The zero-order valence-electron chi connectivity index (χ0n) is 17.6. The minimum atomic E-state index is 0.0421. The molecule has 0 aromatic rings. The fraction of sp³-hybridized carbons (Fsp3) is 0.833. The van der Waals surface area contributed by atoms with E-state index in [1.54, 1.807) is 5.54 Å². The van der Waals surface area contributed by atoms with Crippen molar-refractivity contribution in [2.24, 2.45) is 23.7 Å². The molecule has 0 N–H and O–H groups in total. The summed E-state index contributed by atoms with van der Waals surface area (Å²) < 4.78 is 18.4. The average Bonchev–Trinajstić information content (AvgIpc) is 2.75. The lowest BCUT2D eigenvalue weighted by atomic mass is 9.78. The van der Waals surface area contributed by atoms with Gasteiger partial charge in [-0.05, 0) is 83.0 Å². The summed E-state index contributed by atoms with van der Waals surface area (Å²) in [5, 5.41) is 0. The summed E-state index contributed by atoms with van der Waals surface area (Å²) in [6.45, 7) is 4.58. The van der Waals surface area contributed by atoms with E-state index in [1.165, 1.54) is 57.8 Å². The smallest absolute Gasteiger partial charge is 0.160 e. The van der Waals surface area contributed by atoms with Gasteiger partial charge >= 0.3 is 0 Å². The molecule has 1 aliphatic heterocycles. The van der Waals surface area contributed by atoms with Crippen molar-refractivity contribution in [1.82, 2.24) is 0 Å². The van der Waals surface area contributed by atoms with Gasteiger partial charge in [0.1, 0.15) is 0 Å². The van der Waals surface area contributed by atoms with Crippen molar-refractivity contribution >= 4 is 11.6 Å². The zero-order valence-corrected chi connectivity index (χ0v) is 18.3. The van der Waals surface area contributed by atoms with E-state index < -0.39 is 0 Å². The molecule has 28 heavy (non-hydrogen) atoms. The van der Waals surface area contributed by atoms with Gasteiger partial charge in [-0.3, -0.25) is 0 Å². The molecule has 2 aliphatic carbocycles. The molecule has 1 heterocycles. The van der Waals surface area contributed by atoms with Gasteiger partial charge in [-0.25, -0.2) is 0 Å². The molecule has 0 amide bonds. The number of hydrogen-bond acceptors (Lipinski definition) is 3. The van der Waals surface area contributed by atoms with Crippen LogP contribution < -0.4 is 0 Å². The van der Waals surface area contributed by atoms with Crippen LogP contribution in [0.15, 0.2) is 23.8 Å². The molecule has 160 valence electrons. The third-order valence-corrected chi connectivity index (χ3v) is 7.28. The van der Waals surface area contributed by atoms with Crippen molar-refractivity contribution in [3.8, 4) is 0 Å². The van der Waals surface area contributed by atoms with Crippen molar-refractivity contribution in [2.45, 2.75) is 83.5 Å². The number of hydrogen-bond donors (Lipinski definition) is 0. The van der Waals surface area contributed by atoms with Gasteiger partial charge in [0, 0.05) is 17.4 Å². The van der Waals surface area contributed by atoms with Crippen LogP contribution in [-0.4, -0.2) is 32.2 Å². The molecule has 4 heteroatoms. The maximum Gasteiger partial charge on any atom is 0.160 e. The summed E-state index contributed by atoms with van der Waals surface area (Å²) >= 11 is 5.62. The first kappa shape index (κ1) is 22.3. The Morgan fingerprint density at radius 3 is 2.18 bits per heavy atom. The lowest BCUT2D eigenvalue weighted by Gasteiger charge is -2.41. The van der Waals surface area contributed by atoms with Crippen LogP contribution in [0.1, 0.15) is 71.1 Å². The quantitative estimate of drug-likeness (QED) is 0.429. The minimum absolute atomic E-state index is 0.0421. The Balaban J connectivity index is 1.31. The van der Waals surface area contributed by atoms with Crippen LogP contribution in [0.25, 0.3) is 0 Å². The van der Waals surface area contributed by atoms with E-state index in [9.17, 15) is 0 Å². The molecule has 0 radical (unpaired) electrons. The highest BCUT2D eigenvalue weighted by molar-refractivity contribution is 6.25. The number of allylic oxidation sites excluding steroid dienone is 2. The molecule has 3 nitrogen and oxygen atoms in total. The minimum Gasteiger partial charge on any atom is -0.374 e. The molecule has 0 atom stereocenters. The number of ether oxygens (including phenoxy) is 3. The Morgan fingerprint density at radius 2 is 1.54 bits per heavy atom. The summed E-state index contributed by atoms with van der Waals surface area (Å²) in [5.41, 5.74) is 1.65. The Hall–Kier alpha value is -0.350. The highest BCUT2D eigenvalue weighted by atomic mass is 35.5. The van der Waals surface area contributed by atoms with Crippen molar-refractivity contribution in [1.29, 1.82) is 0 Å². The normalized spacial score (nSPS) is 37.6. The van der Waals surface area contributed by atoms with Crippen LogP contribution in [0.2, 0.25) is 0 Å². The average molecular weight is 411 g/mol. The first-order valence-electron chi connectivity index (χ1n) is 11.5. The third-order valence-electron chi connectivity index (χ3n) is 7.11. The Labute approximate surface area is 176 Å². The second kappa shape index (κ2) is 12.4. The Kier molecular flexibility index (Phi) is 9.87. The second-order valence-corrected chi connectivity index (χ2v) is 9.21. The molecule has 3 rings (SSSR count). The van der Waals surface area contributed by atoms with Crippen LogP contribution >= 0.6 is 11.6 Å². The van der Waals surface area contributed by atoms with Crippen LogP contribution in [-0.2, 0) is 14.2 Å². The molecule has 0 bridgehead atoms. The topological polar surface area (TPSA) is 27.7 Å². The van der Waals surface area contributed by atoms with Gasteiger partial charge < -0.3 is 14.2 Å². The molecule has 3 fully saturated rings. The molecule has 0 unspecified atom stereocenters. The maximum atomic E-state index is 6.23. The summed E-state index contributed by atoms with van der Waals surface area (Å²) in [6, 6.07) is 0. The first-order valence-corrected chi connectivity index (χ1v) is 11.9. The predicted octanol–water partition coefficient (Wildman–Crippen LogP) is 6.47. The fourth-order valence-corrected chi connectivity index (χ4v) is 5.36. The van der Waals surface area contributed by atoms with Crippen LogP contribution in [0, 0.1) is 23.7 Å². The van der Waals surface area contributed by atoms with Gasteiger partial charge in [0.15, 0.2) is 6.29 Å². The van der Waals surface area contributed by atoms with Gasteiger partial charge in [0.05, 0.1) is 25.9 Å². The standard InChI is InChI=1S/C24H39ClO3/c1-2-3-16-26-23-13-11-20(12-14-23)22-17-27-24(28-18-22)21-9-7-19(8-10-21)6-4-5-15-25/h2-3,5,15,19-24H,4,6-14,16-18H2,1H3. The Morgan fingerprint density at radius 1 is 0.857 bits per heavy atom. The number of rotatable bonds is 8. The summed E-state index contributed by atoms with van der Waals surface area (Å²) in [4.78, 5) is 0. The highest BCUT2D eigenvalue weighted by Crippen LogP contribution is 2.38. The molecule has 2 saturated carbocycles. The zero-order chi connectivity index (χ0) is 19.6. The van der Waals surface area contributed by atoms with Crippen LogP contribution in [0.5, 0.6) is 0 Å². The van der Waals surface area contributed by atoms with Gasteiger partial charge in [-0.15, -0.1) is 0 Å². The summed E-state index contributed by atoms with van der Waals surface area (Å²) in [7, 11) is 0. The van der Waals surface area contributed by atoms with E-state index >= 15 is 0 Å². The van der Waals surface area contributed by atoms with Gasteiger partial charge in [-0.1, -0.05) is 29.8 Å². The summed E-state index contributed by atoms with van der Waals surface area (Å²) in [5.74, 6) is 2.77. The fourth-order valence-electron chi connectivity index (χ4n) is 5.24. The van der Waals surface area contributed by atoms with Crippen LogP contribution in [0.3, 0.4) is 0 Å². The lowest BCUT2D eigenvalue weighted by molar-refractivity contribution is -0.237. The predicted molar refractivity (Wildman–Crippen MR) is 115 cm³/mol. The van der Waals surface area contributed by atoms with E-state index in [4.69, 9.17) is 25.8 Å². The van der Waals surface area contributed by atoms with Crippen molar-refractivity contribution in [3.05, 3.63) is 23.8 Å². The molecular weight excluding hydrogens is 372 g/mol. The monoisotopic (exact) mass is 410 g/mol. The second-order valence-electron chi connectivity index (χ2n) is 8.95. The highest BCUT2D eigenvalue weighted by Gasteiger charge is 2.36. The summed E-state index contributed by atoms with van der Waals surface area (Å²) in [6.07, 6.45) is 19.1. The van der Waals surface area contributed by atoms with Crippen LogP contribution in [0.4, 0.5) is 0 Å². The number of halogens is 1. The van der Waals surface area contributed by atoms with E-state index in [1.807, 2.05) is 6.92 Å². The van der Waals surface area contributed by atoms with Crippen molar-refractivity contribution < 1.29 is 14.2 Å². The third kappa shape index (κ3) is 6.86. The largest absolute Gasteiger partial charge is 0.374 e. The molecule has 0 aromatic heterocycles. The van der Waals surface area contributed by atoms with E-state index in [-0.39, 0.29) is 6.29 Å². The van der Waals surface area contributed by atoms with Crippen molar-refractivity contribution in [2.75, 3.05) is 19.8 Å². The van der Waals surface area contributed by atoms with Crippen molar-refractivity contribution in [3.63, 3.8) is 0 Å². The molecule has 3 aliphatic rings. The molecule has 0 spiro atoms. The lowest BCUT2D eigenvalue weighted by Crippen LogP contribution is -2.41.